The third-order valence-corrected chi connectivity index (χ3v) is 3.62. The van der Waals surface area contributed by atoms with Crippen molar-refractivity contribution in [1.82, 2.24) is 4.98 Å². The smallest absolute Gasteiger partial charge is 0.255 e. The highest BCUT2D eigenvalue weighted by molar-refractivity contribution is 9.10. The van der Waals surface area contributed by atoms with Crippen molar-refractivity contribution in [3.63, 3.8) is 0 Å². The van der Waals surface area contributed by atoms with Crippen LogP contribution in [0.2, 0.25) is 0 Å². The summed E-state index contributed by atoms with van der Waals surface area (Å²) in [7, 11) is 0. The molecule has 1 aliphatic heterocycles. The van der Waals surface area contributed by atoms with Gasteiger partial charge in [-0.25, -0.2) is 4.98 Å². The molecular formula is C14H11BrN2O2. The molecule has 0 unspecified atom stereocenters. The average molecular weight is 319 g/mol. The van der Waals surface area contributed by atoms with Gasteiger partial charge in [-0.3, -0.25) is 4.79 Å². The lowest BCUT2D eigenvalue weighted by Crippen LogP contribution is -2.12. The normalized spacial score (nSPS) is 13.1. The molecule has 96 valence electrons. The molecule has 2 aromatic rings. The van der Waals surface area contributed by atoms with E-state index in [-0.39, 0.29) is 5.91 Å². The van der Waals surface area contributed by atoms with Crippen LogP contribution in [0.15, 0.2) is 41.1 Å². The zero-order valence-corrected chi connectivity index (χ0v) is 11.6. The summed E-state index contributed by atoms with van der Waals surface area (Å²) in [5.74, 6) is -0.150. The number of carbonyl (C=O) groups is 1. The Labute approximate surface area is 118 Å². The molecule has 1 aromatic carbocycles. The number of hydrogen-bond donors (Lipinski definition) is 1. The van der Waals surface area contributed by atoms with E-state index in [0.717, 1.165) is 11.1 Å². The Morgan fingerprint density at radius 3 is 2.95 bits per heavy atom. The summed E-state index contributed by atoms with van der Waals surface area (Å²) >= 11 is 3.30. The van der Waals surface area contributed by atoms with Gasteiger partial charge in [0.25, 0.3) is 5.91 Å². The second kappa shape index (κ2) is 5.11. The van der Waals surface area contributed by atoms with Gasteiger partial charge in [0.1, 0.15) is 4.60 Å². The molecular weight excluding hydrogens is 308 g/mol. The minimum Gasteiger partial charge on any atom is -0.372 e. The second-order valence-electron chi connectivity index (χ2n) is 4.27. The lowest BCUT2D eigenvalue weighted by molar-refractivity contribution is 0.102. The van der Waals surface area contributed by atoms with Crippen LogP contribution >= 0.6 is 15.9 Å². The van der Waals surface area contributed by atoms with Gasteiger partial charge < -0.3 is 10.1 Å². The van der Waals surface area contributed by atoms with Gasteiger partial charge in [-0.05, 0) is 51.3 Å². The quantitative estimate of drug-likeness (QED) is 0.865. The fourth-order valence-electron chi connectivity index (χ4n) is 1.99. The first-order chi connectivity index (χ1) is 9.24. The molecule has 0 aliphatic carbocycles. The van der Waals surface area contributed by atoms with Gasteiger partial charge in [0.05, 0.1) is 18.9 Å². The number of hydrogen-bond acceptors (Lipinski definition) is 3. The summed E-state index contributed by atoms with van der Waals surface area (Å²) in [6.45, 7) is 1.21. The van der Waals surface area contributed by atoms with Crippen molar-refractivity contribution < 1.29 is 9.53 Å². The van der Waals surface area contributed by atoms with E-state index in [4.69, 9.17) is 4.74 Å². The Bertz CT molecular complexity index is 643. The molecule has 1 aliphatic rings. The van der Waals surface area contributed by atoms with E-state index in [1.54, 1.807) is 18.3 Å². The molecule has 1 amide bonds. The van der Waals surface area contributed by atoms with Gasteiger partial charge in [-0.2, -0.15) is 0 Å². The molecule has 0 bridgehead atoms. The van der Waals surface area contributed by atoms with E-state index in [9.17, 15) is 4.79 Å². The van der Waals surface area contributed by atoms with E-state index in [1.165, 1.54) is 0 Å². The van der Waals surface area contributed by atoms with E-state index in [2.05, 4.69) is 26.2 Å². The maximum atomic E-state index is 12.2. The monoisotopic (exact) mass is 318 g/mol. The first-order valence-corrected chi connectivity index (χ1v) is 6.65. The number of nitrogens with zero attached hydrogens (tertiary/aromatic N) is 1. The summed E-state index contributed by atoms with van der Waals surface area (Å²) in [5, 5.41) is 2.83. The SMILES string of the molecule is O=C(Nc1cccnc1Br)c1ccc2c(c1)COC2. The number of carbonyl (C=O) groups excluding carboxylic acids is 1. The third-order valence-electron chi connectivity index (χ3n) is 2.99. The third kappa shape index (κ3) is 2.52. The van der Waals surface area contributed by atoms with Crippen molar-refractivity contribution in [3.8, 4) is 0 Å². The number of amides is 1. The lowest BCUT2D eigenvalue weighted by Gasteiger charge is -2.07. The van der Waals surface area contributed by atoms with Crippen LogP contribution in [0.3, 0.4) is 0 Å². The molecule has 1 aromatic heterocycles. The van der Waals surface area contributed by atoms with Crippen molar-refractivity contribution in [1.29, 1.82) is 0 Å². The highest BCUT2D eigenvalue weighted by Gasteiger charge is 2.15. The van der Waals surface area contributed by atoms with E-state index < -0.39 is 0 Å². The average Bonchev–Trinajstić information content (AvgIpc) is 2.88. The van der Waals surface area contributed by atoms with Crippen LogP contribution in [0, 0.1) is 0 Å². The largest absolute Gasteiger partial charge is 0.372 e. The molecule has 0 saturated heterocycles. The second-order valence-corrected chi connectivity index (χ2v) is 5.02. The predicted molar refractivity (Wildman–Crippen MR) is 74.8 cm³/mol. The fraction of sp³-hybridized carbons (Fsp3) is 0.143. The van der Waals surface area contributed by atoms with Crippen molar-refractivity contribution in [2.75, 3.05) is 5.32 Å². The van der Waals surface area contributed by atoms with Crippen molar-refractivity contribution in [2.24, 2.45) is 0 Å². The number of rotatable bonds is 2. The summed E-state index contributed by atoms with van der Waals surface area (Å²) in [4.78, 5) is 16.2. The van der Waals surface area contributed by atoms with Crippen molar-refractivity contribution >= 4 is 27.5 Å². The zero-order valence-electron chi connectivity index (χ0n) is 10.0. The van der Waals surface area contributed by atoms with E-state index in [1.807, 2.05) is 18.2 Å². The minimum atomic E-state index is -0.150. The first kappa shape index (κ1) is 12.3. The maximum Gasteiger partial charge on any atom is 0.255 e. The molecule has 3 rings (SSSR count). The fourth-order valence-corrected chi connectivity index (χ4v) is 2.34. The highest BCUT2D eigenvalue weighted by Crippen LogP contribution is 2.23. The van der Waals surface area contributed by atoms with Crippen LogP contribution in [0.5, 0.6) is 0 Å². The summed E-state index contributed by atoms with van der Waals surface area (Å²) in [6, 6.07) is 9.20. The molecule has 4 nitrogen and oxygen atoms in total. The number of halogens is 1. The van der Waals surface area contributed by atoms with Crippen LogP contribution in [0.25, 0.3) is 0 Å². The van der Waals surface area contributed by atoms with Crippen LogP contribution in [0.4, 0.5) is 5.69 Å². The number of nitrogens with one attached hydrogen (secondary N) is 1. The van der Waals surface area contributed by atoms with Crippen LogP contribution in [-0.4, -0.2) is 10.9 Å². The number of anilines is 1. The van der Waals surface area contributed by atoms with Crippen molar-refractivity contribution in [2.45, 2.75) is 13.2 Å². The number of fused-ring (bicyclic) bond motifs is 1. The van der Waals surface area contributed by atoms with Gasteiger partial charge in [0.2, 0.25) is 0 Å². The molecule has 0 fully saturated rings. The summed E-state index contributed by atoms with van der Waals surface area (Å²) < 4.78 is 5.96. The Morgan fingerprint density at radius 1 is 1.26 bits per heavy atom. The Hall–Kier alpha value is -1.72. The van der Waals surface area contributed by atoms with Gasteiger partial charge in [-0.1, -0.05) is 6.07 Å². The molecule has 1 N–H and O–H groups in total. The molecule has 2 heterocycles. The van der Waals surface area contributed by atoms with Crippen LogP contribution in [-0.2, 0) is 18.0 Å². The zero-order chi connectivity index (χ0) is 13.2. The lowest BCUT2D eigenvalue weighted by atomic mass is 10.1. The standard InChI is InChI=1S/C14H11BrN2O2/c15-13-12(2-1-5-16-13)17-14(18)9-3-4-10-7-19-8-11(10)6-9/h1-6H,7-8H2,(H,17,18). The molecule has 0 spiro atoms. The minimum absolute atomic E-state index is 0.150. The molecule has 0 radical (unpaired) electrons. The number of benzene rings is 1. The Morgan fingerprint density at radius 2 is 2.11 bits per heavy atom. The van der Waals surface area contributed by atoms with Crippen molar-refractivity contribution in [3.05, 3.63) is 57.8 Å². The number of ether oxygens (including phenoxy) is 1. The van der Waals surface area contributed by atoms with Crippen LogP contribution in [0.1, 0.15) is 21.5 Å². The van der Waals surface area contributed by atoms with E-state index in [0.29, 0.717) is 29.1 Å². The van der Waals surface area contributed by atoms with Gasteiger partial charge >= 0.3 is 0 Å². The van der Waals surface area contributed by atoms with Gasteiger partial charge in [-0.15, -0.1) is 0 Å². The predicted octanol–water partition coefficient (Wildman–Crippen LogP) is 3.13. The van der Waals surface area contributed by atoms with Crippen LogP contribution < -0.4 is 5.32 Å². The van der Waals surface area contributed by atoms with Gasteiger partial charge in [0.15, 0.2) is 0 Å². The maximum absolute atomic E-state index is 12.2. The Balaban J connectivity index is 1.83. The highest BCUT2D eigenvalue weighted by atomic mass is 79.9. The molecule has 19 heavy (non-hydrogen) atoms. The number of pyridine rings is 1. The topological polar surface area (TPSA) is 51.2 Å². The molecule has 5 heteroatoms. The molecule has 0 saturated carbocycles. The van der Waals surface area contributed by atoms with Gasteiger partial charge in [0, 0.05) is 11.8 Å². The summed E-state index contributed by atoms with van der Waals surface area (Å²) in [5.41, 5.74) is 3.52. The summed E-state index contributed by atoms with van der Waals surface area (Å²) in [6.07, 6.45) is 1.66. The number of aromatic nitrogens is 1. The first-order valence-electron chi connectivity index (χ1n) is 5.85. The molecule has 0 atom stereocenters. The Kier molecular flexibility index (Phi) is 3.31. The van der Waals surface area contributed by atoms with E-state index >= 15 is 0 Å².